The van der Waals surface area contributed by atoms with Crippen LogP contribution < -0.4 is 10.1 Å². The fourth-order valence-electron chi connectivity index (χ4n) is 2.50. The Bertz CT molecular complexity index is 1070. The van der Waals surface area contributed by atoms with E-state index in [0.717, 1.165) is 0 Å². The number of rotatable bonds is 9. The summed E-state index contributed by atoms with van der Waals surface area (Å²) in [6, 6.07) is 9.17. The van der Waals surface area contributed by atoms with Gasteiger partial charge in [-0.1, -0.05) is 17.7 Å². The van der Waals surface area contributed by atoms with E-state index in [-0.39, 0.29) is 46.7 Å². The number of carbonyl (C=O) groups excluding carboxylic acids is 2. The molecule has 0 spiro atoms. The van der Waals surface area contributed by atoms with Gasteiger partial charge in [-0.25, -0.2) is 13.2 Å². The summed E-state index contributed by atoms with van der Waals surface area (Å²) < 4.78 is 72.2. The smallest absolute Gasteiger partial charge is 0.471 e. The van der Waals surface area contributed by atoms with E-state index in [0.29, 0.717) is 5.56 Å². The first-order chi connectivity index (χ1) is 14.9. The van der Waals surface area contributed by atoms with Gasteiger partial charge in [0.25, 0.3) is 0 Å². The van der Waals surface area contributed by atoms with Crippen molar-refractivity contribution in [1.82, 2.24) is 5.32 Å². The van der Waals surface area contributed by atoms with Crippen LogP contribution in [0.5, 0.6) is 5.75 Å². The maximum Gasteiger partial charge on any atom is 0.471 e. The highest BCUT2D eigenvalue weighted by molar-refractivity contribution is 7.91. The highest BCUT2D eigenvalue weighted by Crippen LogP contribution is 2.27. The minimum Gasteiger partial charge on any atom is -0.482 e. The maximum absolute atomic E-state index is 12.8. The number of nitrogens with one attached hydrogen (secondary N) is 1. The number of esters is 1. The van der Waals surface area contributed by atoms with E-state index < -0.39 is 27.9 Å². The van der Waals surface area contributed by atoms with Crippen molar-refractivity contribution < 1.29 is 40.7 Å². The van der Waals surface area contributed by atoms with E-state index in [4.69, 9.17) is 21.1 Å². The van der Waals surface area contributed by atoms with Gasteiger partial charge in [-0.3, -0.25) is 4.79 Å². The molecule has 0 unspecified atom stereocenters. The van der Waals surface area contributed by atoms with Crippen LogP contribution >= 0.6 is 11.6 Å². The van der Waals surface area contributed by atoms with Crippen LogP contribution in [-0.2, 0) is 30.6 Å². The molecule has 7 nitrogen and oxygen atoms in total. The number of amides is 1. The van der Waals surface area contributed by atoms with Crippen LogP contribution in [0.2, 0.25) is 5.02 Å². The molecule has 0 aliphatic carbocycles. The van der Waals surface area contributed by atoms with Crippen molar-refractivity contribution in [3.8, 4) is 5.75 Å². The molecule has 1 amide bonds. The summed E-state index contributed by atoms with van der Waals surface area (Å²) in [7, 11) is -3.94. The van der Waals surface area contributed by atoms with E-state index in [1.54, 1.807) is 12.2 Å². The van der Waals surface area contributed by atoms with E-state index in [1.165, 1.54) is 42.5 Å². The van der Waals surface area contributed by atoms with Gasteiger partial charge in [0.1, 0.15) is 5.75 Å². The Labute approximate surface area is 187 Å². The lowest BCUT2D eigenvalue weighted by Gasteiger charge is -2.11. The fourth-order valence-corrected chi connectivity index (χ4v) is 4.13. The number of carbonyl (C=O) groups is 2. The fraction of sp³-hybridized carbons (Fsp3) is 0.300. The van der Waals surface area contributed by atoms with Gasteiger partial charge in [0.05, 0.1) is 16.4 Å². The van der Waals surface area contributed by atoms with Crippen molar-refractivity contribution in [1.29, 1.82) is 0 Å². The zero-order valence-electron chi connectivity index (χ0n) is 16.7. The first-order valence-corrected chi connectivity index (χ1v) is 11.1. The van der Waals surface area contributed by atoms with Crippen molar-refractivity contribution in [2.45, 2.75) is 29.3 Å². The molecule has 2 aromatic rings. The summed E-state index contributed by atoms with van der Waals surface area (Å²) in [5, 5.41) is 1.75. The Hall–Kier alpha value is -2.79. The second-order valence-corrected chi connectivity index (χ2v) is 8.68. The lowest BCUT2D eigenvalue weighted by atomic mass is 10.1. The number of sulfone groups is 1. The Balaban J connectivity index is 2.06. The number of halogens is 4. The summed E-state index contributed by atoms with van der Waals surface area (Å²) in [5.74, 6) is -2.36. The molecule has 2 rings (SSSR count). The molecular weight excluding hydrogens is 475 g/mol. The predicted octanol–water partition coefficient (Wildman–Crippen LogP) is 3.34. The minimum absolute atomic E-state index is 0.0204. The molecule has 0 radical (unpaired) electrons. The van der Waals surface area contributed by atoms with Crippen molar-refractivity contribution in [2.24, 2.45) is 0 Å². The van der Waals surface area contributed by atoms with Crippen LogP contribution in [0, 0.1) is 0 Å². The van der Waals surface area contributed by atoms with Crippen LogP contribution in [0.4, 0.5) is 13.2 Å². The van der Waals surface area contributed by atoms with Gasteiger partial charge >= 0.3 is 18.1 Å². The molecule has 0 saturated heterocycles. The molecule has 174 valence electrons. The van der Waals surface area contributed by atoms with Crippen molar-refractivity contribution in [2.75, 3.05) is 19.8 Å². The molecule has 0 heterocycles. The topological polar surface area (TPSA) is 98.8 Å². The van der Waals surface area contributed by atoms with Crippen molar-refractivity contribution in [3.63, 3.8) is 0 Å². The predicted molar refractivity (Wildman–Crippen MR) is 108 cm³/mol. The van der Waals surface area contributed by atoms with Gasteiger partial charge in [-0.05, 0) is 55.3 Å². The molecule has 0 saturated carbocycles. The molecule has 0 aliphatic heterocycles. The van der Waals surface area contributed by atoms with Crippen molar-refractivity contribution in [3.05, 3.63) is 53.1 Å². The standard InChI is InChI=1S/C20H19ClF3NO6S/c1-2-30-18(26)12-31-14-4-7-15(8-5-14)32(28,29)16-6-3-13(17(21)11-16)9-10-25-19(27)20(22,23)24/h3-8,11H,2,9-10,12H2,1H3,(H,25,27). The molecule has 0 aliphatic rings. The number of hydrogen-bond acceptors (Lipinski definition) is 6. The Kier molecular flexibility index (Phi) is 8.51. The summed E-state index contributed by atoms with van der Waals surface area (Å²) >= 11 is 6.09. The van der Waals surface area contributed by atoms with Gasteiger partial charge in [0.15, 0.2) is 6.61 Å². The number of benzene rings is 2. The summed E-state index contributed by atoms with van der Waals surface area (Å²) in [5.41, 5.74) is 0.371. The van der Waals surface area contributed by atoms with Gasteiger partial charge in [0.2, 0.25) is 9.84 Å². The highest BCUT2D eigenvalue weighted by Gasteiger charge is 2.38. The van der Waals surface area contributed by atoms with Gasteiger partial charge < -0.3 is 14.8 Å². The quantitative estimate of drug-likeness (QED) is 0.538. The van der Waals surface area contributed by atoms with E-state index in [2.05, 4.69) is 0 Å². The Morgan fingerprint density at radius 3 is 2.25 bits per heavy atom. The first-order valence-electron chi connectivity index (χ1n) is 9.22. The SMILES string of the molecule is CCOC(=O)COc1ccc(S(=O)(=O)c2ccc(CCNC(=O)C(F)(F)F)c(Cl)c2)cc1. The van der Waals surface area contributed by atoms with Crippen LogP contribution in [0.15, 0.2) is 52.3 Å². The van der Waals surface area contributed by atoms with Crippen LogP contribution in [0.1, 0.15) is 12.5 Å². The van der Waals surface area contributed by atoms with Gasteiger partial charge in [0, 0.05) is 11.6 Å². The normalized spacial score (nSPS) is 11.7. The molecule has 0 fully saturated rings. The summed E-state index contributed by atoms with van der Waals surface area (Å²) in [6.45, 7) is 1.23. The largest absolute Gasteiger partial charge is 0.482 e. The molecule has 0 aromatic heterocycles. The first kappa shape index (κ1) is 25.5. The molecule has 0 atom stereocenters. The van der Waals surface area contributed by atoms with Crippen molar-refractivity contribution >= 4 is 33.3 Å². The van der Waals surface area contributed by atoms with E-state index in [1.807, 2.05) is 0 Å². The third-order valence-electron chi connectivity index (χ3n) is 4.07. The van der Waals surface area contributed by atoms with Crippen LogP contribution in [0.25, 0.3) is 0 Å². The molecule has 12 heteroatoms. The van der Waals surface area contributed by atoms with Gasteiger partial charge in [-0.15, -0.1) is 0 Å². The molecule has 2 aromatic carbocycles. The average molecular weight is 494 g/mol. The monoisotopic (exact) mass is 493 g/mol. The maximum atomic E-state index is 12.8. The lowest BCUT2D eigenvalue weighted by Crippen LogP contribution is -2.37. The number of ether oxygens (including phenoxy) is 2. The summed E-state index contributed by atoms with van der Waals surface area (Å²) in [4.78, 5) is 22.0. The second kappa shape index (κ2) is 10.7. The Morgan fingerprint density at radius 1 is 1.06 bits per heavy atom. The second-order valence-electron chi connectivity index (χ2n) is 6.33. The Morgan fingerprint density at radius 2 is 1.69 bits per heavy atom. The average Bonchev–Trinajstić information content (AvgIpc) is 2.73. The minimum atomic E-state index is -4.98. The third-order valence-corrected chi connectivity index (χ3v) is 6.19. The summed E-state index contributed by atoms with van der Waals surface area (Å²) in [6.07, 6.45) is -5.01. The van der Waals surface area contributed by atoms with Crippen LogP contribution in [0.3, 0.4) is 0 Å². The highest BCUT2D eigenvalue weighted by atomic mass is 35.5. The zero-order chi connectivity index (χ0) is 23.9. The van der Waals surface area contributed by atoms with Gasteiger partial charge in [-0.2, -0.15) is 13.2 Å². The lowest BCUT2D eigenvalue weighted by molar-refractivity contribution is -0.173. The number of alkyl halides is 3. The zero-order valence-corrected chi connectivity index (χ0v) is 18.3. The number of hydrogen-bond donors (Lipinski definition) is 1. The molecule has 1 N–H and O–H groups in total. The third kappa shape index (κ3) is 6.86. The molecule has 0 bridgehead atoms. The van der Waals surface area contributed by atoms with E-state index in [9.17, 15) is 31.2 Å². The van der Waals surface area contributed by atoms with Crippen LogP contribution in [-0.4, -0.2) is 46.2 Å². The molecular formula is C20H19ClF3NO6S. The molecule has 32 heavy (non-hydrogen) atoms. The van der Waals surface area contributed by atoms with E-state index >= 15 is 0 Å².